The van der Waals surface area contributed by atoms with E-state index >= 15 is 0 Å². The SMILES string of the molecule is CCOCCOCCOC(=O)CCCC(C)C(=O)OCCOCCOCC. The highest BCUT2D eigenvalue weighted by molar-refractivity contribution is 5.72. The van der Waals surface area contributed by atoms with Crippen LogP contribution in [0.3, 0.4) is 0 Å². The van der Waals surface area contributed by atoms with Crippen LogP contribution < -0.4 is 0 Å². The first-order valence-electron chi connectivity index (χ1n) is 9.75. The molecule has 1 unspecified atom stereocenters. The maximum absolute atomic E-state index is 11.8. The van der Waals surface area contributed by atoms with Gasteiger partial charge in [-0.05, 0) is 26.7 Å². The predicted octanol–water partition coefficient (Wildman–Crippen LogP) is 1.99. The number of ether oxygens (including phenoxy) is 6. The fraction of sp³-hybridized carbons (Fsp3) is 0.895. The van der Waals surface area contributed by atoms with Crippen LogP contribution in [0.25, 0.3) is 0 Å². The van der Waals surface area contributed by atoms with Crippen LogP contribution in [-0.2, 0) is 38.0 Å². The van der Waals surface area contributed by atoms with Crippen molar-refractivity contribution >= 4 is 11.9 Å². The van der Waals surface area contributed by atoms with Crippen LogP contribution >= 0.6 is 0 Å². The molecule has 8 heteroatoms. The van der Waals surface area contributed by atoms with Crippen molar-refractivity contribution in [3.05, 3.63) is 0 Å². The Morgan fingerprint density at radius 1 is 0.704 bits per heavy atom. The van der Waals surface area contributed by atoms with Gasteiger partial charge in [-0.2, -0.15) is 0 Å². The van der Waals surface area contributed by atoms with Crippen LogP contribution in [0.4, 0.5) is 0 Å². The molecule has 0 aliphatic heterocycles. The smallest absolute Gasteiger partial charge is 0.308 e. The molecule has 0 aromatic rings. The van der Waals surface area contributed by atoms with E-state index in [1.165, 1.54) is 0 Å². The minimum atomic E-state index is -0.285. The molecule has 0 aromatic heterocycles. The third kappa shape index (κ3) is 17.9. The van der Waals surface area contributed by atoms with E-state index in [1.807, 2.05) is 13.8 Å². The number of hydrogen-bond donors (Lipinski definition) is 0. The van der Waals surface area contributed by atoms with Crippen molar-refractivity contribution in [3.63, 3.8) is 0 Å². The molecule has 0 N–H and O–H groups in total. The van der Waals surface area contributed by atoms with Crippen molar-refractivity contribution in [2.45, 2.75) is 40.0 Å². The van der Waals surface area contributed by atoms with Crippen molar-refractivity contribution in [1.29, 1.82) is 0 Å². The molecule has 0 bridgehead atoms. The standard InChI is InChI=1S/C19H36O8/c1-4-22-9-11-24-13-15-26-18(20)8-6-7-17(3)19(21)27-16-14-25-12-10-23-5-2/h17H,4-16H2,1-3H3. The van der Waals surface area contributed by atoms with Crippen molar-refractivity contribution in [1.82, 2.24) is 0 Å². The molecule has 0 heterocycles. The van der Waals surface area contributed by atoms with Crippen LogP contribution in [0.5, 0.6) is 0 Å². The van der Waals surface area contributed by atoms with E-state index in [0.717, 1.165) is 0 Å². The van der Waals surface area contributed by atoms with Gasteiger partial charge in [0.2, 0.25) is 0 Å². The number of hydrogen-bond acceptors (Lipinski definition) is 8. The Kier molecular flexibility index (Phi) is 18.7. The summed E-state index contributed by atoms with van der Waals surface area (Å²) in [5, 5.41) is 0. The van der Waals surface area contributed by atoms with Gasteiger partial charge in [0.25, 0.3) is 0 Å². The highest BCUT2D eigenvalue weighted by Gasteiger charge is 2.15. The molecule has 0 aliphatic carbocycles. The lowest BCUT2D eigenvalue weighted by atomic mass is 10.0. The zero-order chi connectivity index (χ0) is 20.2. The fourth-order valence-corrected chi connectivity index (χ4v) is 2.03. The van der Waals surface area contributed by atoms with Crippen molar-refractivity contribution in [2.75, 3.05) is 66.1 Å². The van der Waals surface area contributed by atoms with Gasteiger partial charge in [-0.3, -0.25) is 9.59 Å². The Hall–Kier alpha value is -1.22. The molecular weight excluding hydrogens is 356 g/mol. The third-order valence-corrected chi connectivity index (χ3v) is 3.54. The Balaban J connectivity index is 3.50. The molecule has 0 aromatic carbocycles. The second-order valence-electron chi connectivity index (χ2n) is 5.80. The van der Waals surface area contributed by atoms with E-state index in [-0.39, 0.29) is 37.5 Å². The van der Waals surface area contributed by atoms with Gasteiger partial charge in [-0.25, -0.2) is 0 Å². The number of carbonyl (C=O) groups excluding carboxylic acids is 2. The zero-order valence-electron chi connectivity index (χ0n) is 17.0. The quantitative estimate of drug-likeness (QED) is 0.244. The highest BCUT2D eigenvalue weighted by atomic mass is 16.6. The molecule has 0 saturated heterocycles. The summed E-state index contributed by atoms with van der Waals surface area (Å²) in [6, 6.07) is 0. The predicted molar refractivity (Wildman–Crippen MR) is 99.6 cm³/mol. The van der Waals surface area contributed by atoms with E-state index < -0.39 is 0 Å². The van der Waals surface area contributed by atoms with Gasteiger partial charge in [0.1, 0.15) is 13.2 Å². The van der Waals surface area contributed by atoms with Gasteiger partial charge in [-0.1, -0.05) is 6.92 Å². The van der Waals surface area contributed by atoms with E-state index in [9.17, 15) is 9.59 Å². The molecule has 27 heavy (non-hydrogen) atoms. The molecule has 1 atom stereocenters. The Labute approximate surface area is 162 Å². The Morgan fingerprint density at radius 3 is 1.74 bits per heavy atom. The molecule has 160 valence electrons. The number of esters is 2. The molecule has 0 rings (SSSR count). The summed E-state index contributed by atoms with van der Waals surface area (Å²) in [6.45, 7) is 10.2. The van der Waals surface area contributed by atoms with Gasteiger partial charge in [0.05, 0.1) is 45.6 Å². The summed E-state index contributed by atoms with van der Waals surface area (Å²) in [4.78, 5) is 23.4. The van der Waals surface area contributed by atoms with E-state index in [1.54, 1.807) is 6.92 Å². The van der Waals surface area contributed by atoms with Gasteiger partial charge in [0, 0.05) is 19.6 Å². The summed E-state index contributed by atoms with van der Waals surface area (Å²) in [5.41, 5.74) is 0. The maximum atomic E-state index is 11.8. The molecule has 8 nitrogen and oxygen atoms in total. The van der Waals surface area contributed by atoms with Gasteiger partial charge >= 0.3 is 11.9 Å². The third-order valence-electron chi connectivity index (χ3n) is 3.54. The van der Waals surface area contributed by atoms with Crippen LogP contribution in [0, 0.1) is 5.92 Å². The van der Waals surface area contributed by atoms with Crippen LogP contribution in [0.1, 0.15) is 40.0 Å². The number of rotatable bonds is 19. The van der Waals surface area contributed by atoms with E-state index in [2.05, 4.69) is 0 Å². The average molecular weight is 392 g/mol. The zero-order valence-corrected chi connectivity index (χ0v) is 17.0. The number of carbonyl (C=O) groups is 2. The molecule has 0 saturated carbocycles. The lowest BCUT2D eigenvalue weighted by Crippen LogP contribution is -2.19. The summed E-state index contributed by atoms with van der Waals surface area (Å²) in [5.74, 6) is -0.825. The van der Waals surface area contributed by atoms with Crippen LogP contribution in [0.2, 0.25) is 0 Å². The first-order valence-corrected chi connectivity index (χ1v) is 9.75. The fourth-order valence-electron chi connectivity index (χ4n) is 2.03. The monoisotopic (exact) mass is 392 g/mol. The van der Waals surface area contributed by atoms with E-state index in [4.69, 9.17) is 28.4 Å². The first-order chi connectivity index (χ1) is 13.1. The molecule has 0 amide bonds. The van der Waals surface area contributed by atoms with Gasteiger partial charge < -0.3 is 28.4 Å². The molecule has 0 radical (unpaired) electrons. The summed E-state index contributed by atoms with van der Waals surface area (Å²) < 4.78 is 31.0. The van der Waals surface area contributed by atoms with Gasteiger partial charge in [-0.15, -0.1) is 0 Å². The Bertz CT molecular complexity index is 362. The normalized spacial score (nSPS) is 12.0. The van der Waals surface area contributed by atoms with Crippen molar-refractivity contribution in [3.8, 4) is 0 Å². The van der Waals surface area contributed by atoms with Crippen LogP contribution in [-0.4, -0.2) is 78.0 Å². The summed E-state index contributed by atoms with van der Waals surface area (Å²) in [6.07, 6.45) is 1.42. The minimum absolute atomic E-state index is 0.223. The summed E-state index contributed by atoms with van der Waals surface area (Å²) in [7, 11) is 0. The highest BCUT2D eigenvalue weighted by Crippen LogP contribution is 2.10. The van der Waals surface area contributed by atoms with E-state index in [0.29, 0.717) is 65.7 Å². The molecular formula is C19H36O8. The van der Waals surface area contributed by atoms with Crippen molar-refractivity contribution in [2.24, 2.45) is 5.92 Å². The molecule has 0 aliphatic rings. The molecule has 0 fully saturated rings. The van der Waals surface area contributed by atoms with Crippen molar-refractivity contribution < 1.29 is 38.0 Å². The maximum Gasteiger partial charge on any atom is 0.308 e. The molecule has 0 spiro atoms. The second-order valence-corrected chi connectivity index (χ2v) is 5.80. The lowest BCUT2D eigenvalue weighted by molar-refractivity contribution is -0.151. The topological polar surface area (TPSA) is 89.5 Å². The first kappa shape index (κ1) is 25.8. The average Bonchev–Trinajstić information content (AvgIpc) is 2.66. The summed E-state index contributed by atoms with van der Waals surface area (Å²) >= 11 is 0. The lowest BCUT2D eigenvalue weighted by Gasteiger charge is -2.11. The largest absolute Gasteiger partial charge is 0.463 e. The van der Waals surface area contributed by atoms with Gasteiger partial charge in [0.15, 0.2) is 0 Å². The van der Waals surface area contributed by atoms with Crippen LogP contribution in [0.15, 0.2) is 0 Å². The minimum Gasteiger partial charge on any atom is -0.463 e. The second kappa shape index (κ2) is 19.5. The Morgan fingerprint density at radius 2 is 1.19 bits per heavy atom.